The van der Waals surface area contributed by atoms with Crippen LogP contribution in [0, 0.1) is 0 Å². The van der Waals surface area contributed by atoms with Gasteiger partial charge < -0.3 is 0 Å². The lowest BCUT2D eigenvalue weighted by Gasteiger charge is -2.19. The Morgan fingerprint density at radius 1 is 1.24 bits per heavy atom. The van der Waals surface area contributed by atoms with Crippen LogP contribution in [0.2, 0.25) is 0 Å². The third kappa shape index (κ3) is 2.40. The number of benzene rings is 1. The van der Waals surface area contributed by atoms with Crippen LogP contribution in [0.15, 0.2) is 17.0 Å². The van der Waals surface area contributed by atoms with Crippen molar-refractivity contribution in [3.8, 4) is 0 Å². The Balaban J connectivity index is 2.69. The summed E-state index contributed by atoms with van der Waals surface area (Å²) in [5, 5.41) is 0. The Morgan fingerprint density at radius 3 is 2.47 bits per heavy atom. The van der Waals surface area contributed by atoms with Crippen LogP contribution >= 0.6 is 0 Å². The summed E-state index contributed by atoms with van der Waals surface area (Å²) in [6, 6.07) is 2.76. The first-order valence-electron chi connectivity index (χ1n) is 5.54. The Kier molecular flexibility index (Phi) is 3.05. The number of fused-ring (bicyclic) bond motifs is 1. The number of carbonyl (C=O) groups excluding carboxylic acids is 1. The van der Waals surface area contributed by atoms with Crippen molar-refractivity contribution in [2.24, 2.45) is 0 Å². The lowest BCUT2D eigenvalue weighted by molar-refractivity contribution is 0.101. The maximum Gasteiger partial charge on any atom is 0.294 e. The zero-order chi connectivity index (χ0) is 12.6. The second-order valence-corrected chi connectivity index (χ2v) is 5.77. The van der Waals surface area contributed by atoms with Gasteiger partial charge >= 0.3 is 0 Å². The van der Waals surface area contributed by atoms with E-state index in [9.17, 15) is 13.2 Å². The van der Waals surface area contributed by atoms with Gasteiger partial charge in [-0.05, 0) is 55.9 Å². The van der Waals surface area contributed by atoms with Crippen molar-refractivity contribution in [1.29, 1.82) is 0 Å². The van der Waals surface area contributed by atoms with E-state index in [0.717, 1.165) is 36.8 Å². The average molecular weight is 254 g/mol. The zero-order valence-electron chi connectivity index (χ0n) is 9.56. The predicted octanol–water partition coefficient (Wildman–Crippen LogP) is 2.01. The van der Waals surface area contributed by atoms with Crippen molar-refractivity contribution >= 4 is 15.9 Å². The summed E-state index contributed by atoms with van der Waals surface area (Å²) in [5.74, 6) is -0.159. The zero-order valence-corrected chi connectivity index (χ0v) is 10.4. The molecule has 0 saturated carbocycles. The van der Waals surface area contributed by atoms with Gasteiger partial charge in [0.2, 0.25) is 0 Å². The summed E-state index contributed by atoms with van der Waals surface area (Å²) < 4.78 is 31.3. The topological polar surface area (TPSA) is 71.4 Å². The minimum atomic E-state index is -4.24. The van der Waals surface area contributed by atoms with Gasteiger partial charge in [-0.1, -0.05) is 0 Å². The number of hydrogen-bond donors (Lipinski definition) is 1. The van der Waals surface area contributed by atoms with Crippen LogP contribution in [0.1, 0.15) is 41.3 Å². The molecule has 1 aromatic carbocycles. The van der Waals surface area contributed by atoms with E-state index in [1.165, 1.54) is 19.1 Å². The van der Waals surface area contributed by atoms with Crippen LogP contribution in [0.25, 0.3) is 0 Å². The first kappa shape index (κ1) is 12.3. The van der Waals surface area contributed by atoms with Crippen LogP contribution in [0.4, 0.5) is 0 Å². The lowest BCUT2D eigenvalue weighted by Crippen LogP contribution is -2.12. The molecule has 2 rings (SSSR count). The standard InChI is InChI=1S/C12H14O4S/c1-8(13)12-7-10(17(14,15)16)6-9-4-2-3-5-11(9)12/h6-7H,2-5H2,1H3,(H,14,15,16). The molecule has 1 aromatic rings. The fraction of sp³-hybridized carbons (Fsp3) is 0.417. The molecular weight excluding hydrogens is 240 g/mol. The van der Waals surface area contributed by atoms with Gasteiger partial charge in [0.25, 0.3) is 10.1 Å². The largest absolute Gasteiger partial charge is 0.295 e. The third-order valence-electron chi connectivity index (χ3n) is 3.12. The van der Waals surface area contributed by atoms with Crippen LogP contribution in [0.3, 0.4) is 0 Å². The van der Waals surface area contributed by atoms with Crippen molar-refractivity contribution in [3.05, 3.63) is 28.8 Å². The molecule has 0 fully saturated rings. The maximum absolute atomic E-state index is 11.5. The van der Waals surface area contributed by atoms with E-state index in [0.29, 0.717) is 5.56 Å². The van der Waals surface area contributed by atoms with Gasteiger partial charge in [0, 0.05) is 5.56 Å². The fourth-order valence-corrected chi connectivity index (χ4v) is 2.86. The summed E-state index contributed by atoms with van der Waals surface area (Å²) in [7, 11) is -4.24. The van der Waals surface area contributed by atoms with E-state index in [1.54, 1.807) is 0 Å². The highest BCUT2D eigenvalue weighted by Crippen LogP contribution is 2.28. The van der Waals surface area contributed by atoms with Gasteiger partial charge in [-0.3, -0.25) is 9.35 Å². The number of hydrogen-bond acceptors (Lipinski definition) is 3. The molecule has 92 valence electrons. The van der Waals surface area contributed by atoms with Gasteiger partial charge in [0.05, 0.1) is 4.90 Å². The molecule has 1 aliphatic carbocycles. The van der Waals surface area contributed by atoms with Gasteiger partial charge in [-0.15, -0.1) is 0 Å². The molecule has 0 heterocycles. The monoisotopic (exact) mass is 254 g/mol. The Morgan fingerprint density at radius 2 is 1.88 bits per heavy atom. The lowest BCUT2D eigenvalue weighted by atomic mass is 9.87. The van der Waals surface area contributed by atoms with Crippen molar-refractivity contribution in [1.82, 2.24) is 0 Å². The summed E-state index contributed by atoms with van der Waals surface area (Å²) >= 11 is 0. The summed E-state index contributed by atoms with van der Waals surface area (Å²) in [6.45, 7) is 1.41. The van der Waals surface area contributed by atoms with Crippen LogP contribution in [-0.4, -0.2) is 18.8 Å². The molecule has 0 radical (unpaired) electrons. The smallest absolute Gasteiger partial charge is 0.294 e. The third-order valence-corrected chi connectivity index (χ3v) is 3.95. The van der Waals surface area contributed by atoms with Crippen LogP contribution in [-0.2, 0) is 23.0 Å². The van der Waals surface area contributed by atoms with Crippen molar-refractivity contribution < 1.29 is 17.8 Å². The Bertz CT molecular complexity index is 572. The quantitative estimate of drug-likeness (QED) is 0.647. The first-order chi connectivity index (χ1) is 7.89. The Hall–Kier alpha value is -1.20. The molecule has 1 N–H and O–H groups in total. The normalized spacial score (nSPS) is 15.4. The highest BCUT2D eigenvalue weighted by atomic mass is 32.2. The molecule has 0 spiro atoms. The minimum absolute atomic E-state index is 0.159. The number of aryl methyl sites for hydroxylation is 1. The second kappa shape index (κ2) is 4.23. The van der Waals surface area contributed by atoms with E-state index in [1.807, 2.05) is 0 Å². The average Bonchev–Trinajstić information content (AvgIpc) is 2.26. The summed E-state index contributed by atoms with van der Waals surface area (Å²) in [5.41, 5.74) is 2.24. The molecular formula is C12H14O4S. The molecule has 0 aliphatic heterocycles. The van der Waals surface area contributed by atoms with Gasteiger partial charge in [0.1, 0.15) is 0 Å². The van der Waals surface area contributed by atoms with E-state index in [-0.39, 0.29) is 10.7 Å². The number of ketones is 1. The van der Waals surface area contributed by atoms with Gasteiger partial charge in [-0.25, -0.2) is 0 Å². The highest BCUT2D eigenvalue weighted by Gasteiger charge is 2.21. The van der Waals surface area contributed by atoms with Crippen LogP contribution in [0.5, 0.6) is 0 Å². The second-order valence-electron chi connectivity index (χ2n) is 4.35. The van der Waals surface area contributed by atoms with Gasteiger partial charge in [-0.2, -0.15) is 8.42 Å². The number of rotatable bonds is 2. The first-order valence-corrected chi connectivity index (χ1v) is 6.98. The van der Waals surface area contributed by atoms with E-state index in [4.69, 9.17) is 4.55 Å². The molecule has 1 aliphatic rings. The van der Waals surface area contributed by atoms with Gasteiger partial charge in [0.15, 0.2) is 5.78 Å². The number of Topliss-reactive ketones (excluding diaryl/α,β-unsaturated/α-hetero) is 1. The molecule has 0 aromatic heterocycles. The fourth-order valence-electron chi connectivity index (χ4n) is 2.30. The Labute approximate surface area is 100 Å². The van der Waals surface area contributed by atoms with Crippen molar-refractivity contribution in [2.75, 3.05) is 0 Å². The molecule has 5 heteroatoms. The molecule has 0 atom stereocenters. The van der Waals surface area contributed by atoms with Crippen molar-refractivity contribution in [2.45, 2.75) is 37.5 Å². The molecule has 0 saturated heterocycles. The SMILES string of the molecule is CC(=O)c1cc(S(=O)(=O)O)cc2c1CCCC2. The van der Waals surface area contributed by atoms with E-state index >= 15 is 0 Å². The summed E-state index contributed by atoms with van der Waals surface area (Å²) in [6.07, 6.45) is 3.56. The van der Waals surface area contributed by atoms with E-state index in [2.05, 4.69) is 0 Å². The molecule has 0 amide bonds. The maximum atomic E-state index is 11.5. The molecule has 4 nitrogen and oxygen atoms in total. The minimum Gasteiger partial charge on any atom is -0.295 e. The highest BCUT2D eigenvalue weighted by molar-refractivity contribution is 7.85. The number of carbonyl (C=O) groups is 1. The predicted molar refractivity (Wildman–Crippen MR) is 62.9 cm³/mol. The summed E-state index contributed by atoms with van der Waals surface area (Å²) in [4.78, 5) is 11.3. The molecule has 17 heavy (non-hydrogen) atoms. The molecule has 0 bridgehead atoms. The molecule has 0 unspecified atom stereocenters. The van der Waals surface area contributed by atoms with Crippen LogP contribution < -0.4 is 0 Å². The van der Waals surface area contributed by atoms with Crippen molar-refractivity contribution in [3.63, 3.8) is 0 Å². The van der Waals surface area contributed by atoms with E-state index < -0.39 is 10.1 Å².